The Morgan fingerprint density at radius 1 is 1.27 bits per heavy atom. The summed E-state index contributed by atoms with van der Waals surface area (Å²) < 4.78 is 11.0. The fourth-order valence-corrected chi connectivity index (χ4v) is 3.33. The molecule has 0 amide bonds. The van der Waals surface area contributed by atoms with E-state index in [2.05, 4.69) is 0 Å². The molecule has 1 fully saturated rings. The first-order valence-electron chi connectivity index (χ1n) is 7.95. The molecule has 0 radical (unpaired) electrons. The highest BCUT2D eigenvalue weighted by Crippen LogP contribution is 2.47. The topological polar surface area (TPSA) is 52.6 Å². The van der Waals surface area contributed by atoms with Gasteiger partial charge in [0.2, 0.25) is 0 Å². The van der Waals surface area contributed by atoms with Gasteiger partial charge in [-0.3, -0.25) is 4.79 Å². The maximum Gasteiger partial charge on any atom is 0.338 e. The van der Waals surface area contributed by atoms with E-state index in [1.165, 1.54) is 0 Å². The van der Waals surface area contributed by atoms with Gasteiger partial charge < -0.3 is 9.47 Å². The highest BCUT2D eigenvalue weighted by molar-refractivity contribution is 5.90. The molecular weight excluding hydrogens is 280 g/mol. The number of carbonyl (C=O) groups excluding carboxylic acids is 2. The van der Waals surface area contributed by atoms with Crippen molar-refractivity contribution in [1.82, 2.24) is 0 Å². The van der Waals surface area contributed by atoms with Crippen molar-refractivity contribution in [2.24, 2.45) is 11.3 Å². The molecule has 4 heteroatoms. The van der Waals surface area contributed by atoms with Gasteiger partial charge in [-0.25, -0.2) is 4.79 Å². The number of ether oxygens (including phenoxy) is 2. The highest BCUT2D eigenvalue weighted by Gasteiger charge is 2.54. The first-order chi connectivity index (χ1) is 10.5. The highest BCUT2D eigenvalue weighted by atomic mass is 16.6. The second kappa shape index (κ2) is 6.95. The Bertz CT molecular complexity index is 523. The summed E-state index contributed by atoms with van der Waals surface area (Å²) in [5.74, 6) is -0.558. The van der Waals surface area contributed by atoms with Crippen LogP contribution in [0.4, 0.5) is 0 Å². The van der Waals surface area contributed by atoms with E-state index in [1.807, 2.05) is 19.9 Å². The van der Waals surface area contributed by atoms with Crippen molar-refractivity contribution >= 4 is 11.9 Å². The average Bonchev–Trinajstić information content (AvgIpc) is 2.93. The van der Waals surface area contributed by atoms with Crippen molar-refractivity contribution < 1.29 is 19.1 Å². The first kappa shape index (κ1) is 16.5. The number of benzene rings is 1. The summed E-state index contributed by atoms with van der Waals surface area (Å²) in [6, 6.07) is 8.89. The van der Waals surface area contributed by atoms with Crippen molar-refractivity contribution in [2.75, 3.05) is 6.61 Å². The zero-order valence-corrected chi connectivity index (χ0v) is 13.5. The number of hydrogen-bond donors (Lipinski definition) is 0. The number of rotatable bonds is 5. The smallest absolute Gasteiger partial charge is 0.338 e. The molecule has 1 aromatic rings. The molecule has 0 heterocycles. The standard InChI is InChI=1S/C18H24O4/c1-4-21-17(20)18(13(2)3)12-8-11-15(18)22-16(19)14-9-6-5-7-10-14/h5-7,9-10,13,15H,4,8,11-12H2,1-3H3. The fourth-order valence-electron chi connectivity index (χ4n) is 3.33. The Hall–Kier alpha value is -1.84. The summed E-state index contributed by atoms with van der Waals surface area (Å²) in [7, 11) is 0. The third-order valence-electron chi connectivity index (χ3n) is 4.58. The Morgan fingerprint density at radius 2 is 1.95 bits per heavy atom. The van der Waals surface area contributed by atoms with Crippen molar-refractivity contribution in [1.29, 1.82) is 0 Å². The van der Waals surface area contributed by atoms with Crippen LogP contribution >= 0.6 is 0 Å². The first-order valence-corrected chi connectivity index (χ1v) is 7.95. The van der Waals surface area contributed by atoms with E-state index in [9.17, 15) is 9.59 Å². The lowest BCUT2D eigenvalue weighted by molar-refractivity contribution is -0.165. The van der Waals surface area contributed by atoms with Crippen LogP contribution in [0.5, 0.6) is 0 Å². The number of esters is 2. The fraction of sp³-hybridized carbons (Fsp3) is 0.556. The SMILES string of the molecule is CCOC(=O)C1(C(C)C)CCCC1OC(=O)c1ccccc1. The molecule has 0 aromatic heterocycles. The van der Waals surface area contributed by atoms with Gasteiger partial charge in [-0.15, -0.1) is 0 Å². The third kappa shape index (κ3) is 3.01. The molecule has 1 aliphatic carbocycles. The number of carbonyl (C=O) groups is 2. The van der Waals surface area contributed by atoms with Crippen molar-refractivity contribution in [3.63, 3.8) is 0 Å². The van der Waals surface area contributed by atoms with Gasteiger partial charge in [0.05, 0.1) is 12.2 Å². The molecular formula is C18H24O4. The molecule has 4 nitrogen and oxygen atoms in total. The Labute approximate surface area is 131 Å². The van der Waals surface area contributed by atoms with Crippen molar-refractivity contribution in [2.45, 2.75) is 46.1 Å². The van der Waals surface area contributed by atoms with Gasteiger partial charge in [0.25, 0.3) is 0 Å². The molecule has 120 valence electrons. The van der Waals surface area contributed by atoms with Gasteiger partial charge in [-0.1, -0.05) is 32.0 Å². The van der Waals surface area contributed by atoms with Gasteiger partial charge >= 0.3 is 11.9 Å². The minimum Gasteiger partial charge on any atom is -0.465 e. The Balaban J connectivity index is 2.21. The normalized spacial score (nSPS) is 24.3. The Morgan fingerprint density at radius 3 is 2.55 bits per heavy atom. The molecule has 2 rings (SSSR count). The molecule has 0 spiro atoms. The lowest BCUT2D eigenvalue weighted by Crippen LogP contribution is -2.46. The Kier molecular flexibility index (Phi) is 5.22. The summed E-state index contributed by atoms with van der Waals surface area (Å²) in [5.41, 5.74) is -0.212. The predicted octanol–water partition coefficient (Wildman–Crippen LogP) is 3.60. The molecule has 1 aromatic carbocycles. The summed E-state index contributed by atoms with van der Waals surface area (Å²) in [6.45, 7) is 6.12. The maximum absolute atomic E-state index is 12.5. The lowest BCUT2D eigenvalue weighted by atomic mass is 9.74. The number of hydrogen-bond acceptors (Lipinski definition) is 4. The van der Waals surface area contributed by atoms with E-state index in [0.717, 1.165) is 6.42 Å². The van der Waals surface area contributed by atoms with E-state index in [-0.39, 0.29) is 17.9 Å². The molecule has 0 N–H and O–H groups in total. The van der Waals surface area contributed by atoms with Crippen LogP contribution in [-0.2, 0) is 14.3 Å². The average molecular weight is 304 g/mol. The molecule has 1 aliphatic rings. The molecule has 0 saturated heterocycles. The zero-order chi connectivity index (χ0) is 16.2. The molecule has 0 aliphatic heterocycles. The monoisotopic (exact) mass is 304 g/mol. The van der Waals surface area contributed by atoms with Crippen LogP contribution in [0.2, 0.25) is 0 Å². The van der Waals surface area contributed by atoms with Crippen molar-refractivity contribution in [3.8, 4) is 0 Å². The van der Waals surface area contributed by atoms with E-state index in [4.69, 9.17) is 9.47 Å². The van der Waals surface area contributed by atoms with E-state index in [0.29, 0.717) is 25.0 Å². The maximum atomic E-state index is 12.5. The summed E-state index contributed by atoms with van der Waals surface area (Å²) in [5, 5.41) is 0. The molecule has 0 bridgehead atoms. The molecule has 2 atom stereocenters. The summed E-state index contributed by atoms with van der Waals surface area (Å²) in [6.07, 6.45) is 1.86. The van der Waals surface area contributed by atoms with Crippen LogP contribution in [0, 0.1) is 11.3 Å². The minimum absolute atomic E-state index is 0.0580. The van der Waals surface area contributed by atoms with Gasteiger partial charge in [-0.2, -0.15) is 0 Å². The van der Waals surface area contributed by atoms with Crippen LogP contribution in [0.15, 0.2) is 30.3 Å². The minimum atomic E-state index is -0.722. The summed E-state index contributed by atoms with van der Waals surface area (Å²) >= 11 is 0. The van der Waals surface area contributed by atoms with Gasteiger partial charge in [0.15, 0.2) is 0 Å². The molecule has 2 unspecified atom stereocenters. The second-order valence-corrected chi connectivity index (χ2v) is 6.07. The third-order valence-corrected chi connectivity index (χ3v) is 4.58. The van der Waals surface area contributed by atoms with Crippen LogP contribution in [-0.4, -0.2) is 24.6 Å². The van der Waals surface area contributed by atoms with Crippen LogP contribution in [0.1, 0.15) is 50.4 Å². The van der Waals surface area contributed by atoms with Gasteiger partial charge in [0.1, 0.15) is 11.5 Å². The van der Waals surface area contributed by atoms with E-state index < -0.39 is 11.5 Å². The van der Waals surface area contributed by atoms with Crippen LogP contribution in [0.25, 0.3) is 0 Å². The molecule has 1 saturated carbocycles. The van der Waals surface area contributed by atoms with Gasteiger partial charge in [-0.05, 0) is 44.2 Å². The predicted molar refractivity (Wildman–Crippen MR) is 83.4 cm³/mol. The second-order valence-electron chi connectivity index (χ2n) is 6.07. The van der Waals surface area contributed by atoms with E-state index >= 15 is 0 Å². The quantitative estimate of drug-likeness (QED) is 0.780. The lowest BCUT2D eigenvalue weighted by Gasteiger charge is -2.36. The summed E-state index contributed by atoms with van der Waals surface area (Å²) in [4.78, 5) is 24.8. The van der Waals surface area contributed by atoms with Crippen LogP contribution in [0.3, 0.4) is 0 Å². The zero-order valence-electron chi connectivity index (χ0n) is 13.5. The van der Waals surface area contributed by atoms with E-state index in [1.54, 1.807) is 31.2 Å². The van der Waals surface area contributed by atoms with Crippen LogP contribution < -0.4 is 0 Å². The molecule has 22 heavy (non-hydrogen) atoms. The van der Waals surface area contributed by atoms with Gasteiger partial charge in [0, 0.05) is 0 Å². The van der Waals surface area contributed by atoms with Crippen molar-refractivity contribution in [3.05, 3.63) is 35.9 Å². The largest absolute Gasteiger partial charge is 0.465 e.